The maximum absolute atomic E-state index is 12.9. The molecular weight excluding hydrogens is 324 g/mol. The number of carbonyl (C=O) groups excluding carboxylic acids is 1. The van der Waals surface area contributed by atoms with Crippen LogP contribution in [0.4, 0.5) is 0 Å². The molecule has 2 aliphatic heterocycles. The maximum Gasteiger partial charge on any atom is 0.254 e. The van der Waals surface area contributed by atoms with E-state index in [1.165, 1.54) is 0 Å². The number of halogens is 1. The minimum Gasteiger partial charge on any atom is -0.474 e. The molecule has 2 saturated heterocycles. The highest BCUT2D eigenvalue weighted by Gasteiger charge is 2.44. The van der Waals surface area contributed by atoms with Crippen molar-refractivity contribution in [1.29, 1.82) is 0 Å². The fourth-order valence-electron chi connectivity index (χ4n) is 3.88. The summed E-state index contributed by atoms with van der Waals surface area (Å²) in [6.45, 7) is 0. The van der Waals surface area contributed by atoms with Crippen molar-refractivity contribution in [3.63, 3.8) is 0 Å². The smallest absolute Gasteiger partial charge is 0.254 e. The zero-order valence-electron chi connectivity index (χ0n) is 13.3. The minimum atomic E-state index is 0.107. The summed E-state index contributed by atoms with van der Waals surface area (Å²) >= 11 is 5.92. The van der Waals surface area contributed by atoms with Crippen LogP contribution >= 0.6 is 11.6 Å². The van der Waals surface area contributed by atoms with Gasteiger partial charge in [0, 0.05) is 47.8 Å². The molecule has 0 aliphatic carbocycles. The van der Waals surface area contributed by atoms with Crippen molar-refractivity contribution < 1.29 is 9.53 Å². The number of rotatable bonds is 3. The van der Waals surface area contributed by atoms with Crippen LogP contribution in [-0.2, 0) is 0 Å². The number of hydrogen-bond donors (Lipinski definition) is 0. The van der Waals surface area contributed by atoms with Gasteiger partial charge in [0.05, 0.1) is 0 Å². The lowest BCUT2D eigenvalue weighted by atomic mass is 9.98. The Hall–Kier alpha value is -2.07. The first-order chi connectivity index (χ1) is 11.7. The Morgan fingerprint density at radius 2 is 1.79 bits per heavy atom. The number of nitrogens with zero attached hydrogens (tertiary/aromatic N) is 2. The van der Waals surface area contributed by atoms with Gasteiger partial charge >= 0.3 is 0 Å². The van der Waals surface area contributed by atoms with Crippen LogP contribution in [0, 0.1) is 0 Å². The molecule has 4 rings (SSSR count). The second kappa shape index (κ2) is 6.44. The first-order valence-electron chi connectivity index (χ1n) is 8.36. The van der Waals surface area contributed by atoms with Crippen LogP contribution in [0.2, 0.25) is 5.02 Å². The van der Waals surface area contributed by atoms with Crippen LogP contribution < -0.4 is 4.74 Å². The van der Waals surface area contributed by atoms with Crippen LogP contribution in [-0.4, -0.2) is 34.0 Å². The summed E-state index contributed by atoms with van der Waals surface area (Å²) in [4.78, 5) is 19.2. The van der Waals surface area contributed by atoms with E-state index in [1.54, 1.807) is 30.5 Å². The third-order valence-electron chi connectivity index (χ3n) is 4.94. The van der Waals surface area contributed by atoms with Gasteiger partial charge in [-0.3, -0.25) is 4.79 Å². The summed E-state index contributed by atoms with van der Waals surface area (Å²) in [6, 6.07) is 13.3. The number of ether oxygens (including phenoxy) is 1. The SMILES string of the molecule is O=C(c1ccc(Cl)cc1)N1C2CCC1CC(Oc1ccccn1)C2. The highest BCUT2D eigenvalue weighted by molar-refractivity contribution is 6.30. The number of amides is 1. The number of hydrogen-bond acceptors (Lipinski definition) is 3. The van der Waals surface area contributed by atoms with E-state index in [9.17, 15) is 4.79 Å². The molecule has 3 heterocycles. The van der Waals surface area contributed by atoms with Crippen molar-refractivity contribution >= 4 is 17.5 Å². The molecule has 0 radical (unpaired) electrons. The fourth-order valence-corrected chi connectivity index (χ4v) is 4.01. The quantitative estimate of drug-likeness (QED) is 0.848. The highest BCUT2D eigenvalue weighted by atomic mass is 35.5. The number of piperidine rings is 1. The first-order valence-corrected chi connectivity index (χ1v) is 8.74. The molecule has 2 bridgehead atoms. The van der Waals surface area contributed by atoms with Crippen molar-refractivity contribution in [3.8, 4) is 5.88 Å². The van der Waals surface area contributed by atoms with Gasteiger partial charge in [0.2, 0.25) is 5.88 Å². The van der Waals surface area contributed by atoms with Crippen LogP contribution in [0.5, 0.6) is 5.88 Å². The highest BCUT2D eigenvalue weighted by Crippen LogP contribution is 2.38. The van der Waals surface area contributed by atoms with Gasteiger partial charge in [-0.1, -0.05) is 17.7 Å². The lowest BCUT2D eigenvalue weighted by Crippen LogP contribution is -2.49. The van der Waals surface area contributed by atoms with Gasteiger partial charge in [-0.25, -0.2) is 4.98 Å². The van der Waals surface area contributed by atoms with Crippen LogP contribution in [0.1, 0.15) is 36.0 Å². The molecule has 4 nitrogen and oxygen atoms in total. The third kappa shape index (κ3) is 2.98. The largest absolute Gasteiger partial charge is 0.474 e. The van der Waals surface area contributed by atoms with Gasteiger partial charge < -0.3 is 9.64 Å². The van der Waals surface area contributed by atoms with Gasteiger partial charge in [0.1, 0.15) is 6.10 Å². The molecule has 1 aromatic carbocycles. The zero-order valence-corrected chi connectivity index (χ0v) is 14.0. The molecule has 1 aromatic heterocycles. The number of benzene rings is 1. The monoisotopic (exact) mass is 342 g/mol. The van der Waals surface area contributed by atoms with Crippen LogP contribution in [0.25, 0.3) is 0 Å². The van der Waals surface area contributed by atoms with E-state index < -0.39 is 0 Å². The number of pyridine rings is 1. The summed E-state index contributed by atoms with van der Waals surface area (Å²) in [7, 11) is 0. The molecule has 2 atom stereocenters. The Balaban J connectivity index is 1.47. The molecule has 2 fully saturated rings. The number of fused-ring (bicyclic) bond motifs is 2. The molecule has 5 heteroatoms. The normalized spacial score (nSPS) is 25.5. The lowest BCUT2D eigenvalue weighted by molar-refractivity contribution is 0.0348. The second-order valence-corrected chi connectivity index (χ2v) is 6.92. The molecule has 0 N–H and O–H groups in total. The summed E-state index contributed by atoms with van der Waals surface area (Å²) in [6.07, 6.45) is 5.70. The predicted molar refractivity (Wildman–Crippen MR) is 92.3 cm³/mol. The van der Waals surface area contributed by atoms with Gasteiger partial charge in [-0.15, -0.1) is 0 Å². The van der Waals surface area contributed by atoms with Gasteiger partial charge in [0.15, 0.2) is 0 Å². The van der Waals surface area contributed by atoms with Crippen molar-refractivity contribution in [2.24, 2.45) is 0 Å². The van der Waals surface area contributed by atoms with Crippen molar-refractivity contribution in [2.45, 2.75) is 43.9 Å². The lowest BCUT2D eigenvalue weighted by Gasteiger charge is -2.38. The molecule has 124 valence electrons. The van der Waals surface area contributed by atoms with E-state index >= 15 is 0 Å². The second-order valence-electron chi connectivity index (χ2n) is 6.48. The molecule has 0 saturated carbocycles. The minimum absolute atomic E-state index is 0.107. The molecule has 24 heavy (non-hydrogen) atoms. The zero-order chi connectivity index (χ0) is 16.5. The van der Waals surface area contributed by atoms with Crippen molar-refractivity contribution in [3.05, 3.63) is 59.2 Å². The maximum atomic E-state index is 12.9. The molecule has 2 unspecified atom stereocenters. The molecule has 2 aromatic rings. The van der Waals surface area contributed by atoms with Crippen molar-refractivity contribution in [1.82, 2.24) is 9.88 Å². The molecule has 0 spiro atoms. The summed E-state index contributed by atoms with van der Waals surface area (Å²) in [5, 5.41) is 0.650. The summed E-state index contributed by atoms with van der Waals surface area (Å²) < 4.78 is 6.02. The van der Waals surface area contributed by atoms with E-state index in [-0.39, 0.29) is 24.1 Å². The first kappa shape index (κ1) is 15.5. The predicted octanol–water partition coefficient (Wildman–Crippen LogP) is 3.95. The number of aromatic nitrogens is 1. The molecule has 1 amide bonds. The Morgan fingerprint density at radius 1 is 1.08 bits per heavy atom. The van der Waals surface area contributed by atoms with Gasteiger partial charge in [-0.05, 0) is 43.2 Å². The average Bonchev–Trinajstić information content (AvgIpc) is 2.87. The summed E-state index contributed by atoms with van der Waals surface area (Å²) in [5.74, 6) is 0.773. The van der Waals surface area contributed by atoms with E-state index in [0.29, 0.717) is 16.5 Å². The van der Waals surface area contributed by atoms with Gasteiger partial charge in [0.25, 0.3) is 5.91 Å². The summed E-state index contributed by atoms with van der Waals surface area (Å²) in [5.41, 5.74) is 0.709. The average molecular weight is 343 g/mol. The van der Waals surface area contributed by atoms with E-state index in [1.807, 2.05) is 18.2 Å². The molecular formula is C19H19ClN2O2. The Kier molecular flexibility index (Phi) is 4.15. The van der Waals surface area contributed by atoms with Crippen LogP contribution in [0.3, 0.4) is 0 Å². The van der Waals surface area contributed by atoms with Crippen LogP contribution in [0.15, 0.2) is 48.7 Å². The molecule has 2 aliphatic rings. The Morgan fingerprint density at radius 3 is 2.42 bits per heavy atom. The van der Waals surface area contributed by atoms with Crippen molar-refractivity contribution in [2.75, 3.05) is 0 Å². The standard InChI is InChI=1S/C19H19ClN2O2/c20-14-6-4-13(5-7-14)19(23)22-15-8-9-16(22)12-17(11-15)24-18-3-1-2-10-21-18/h1-7,10,15-17H,8-9,11-12H2. The Bertz CT molecular complexity index is 706. The topological polar surface area (TPSA) is 42.4 Å². The number of carbonyl (C=O) groups is 1. The van der Waals surface area contributed by atoms with E-state index in [0.717, 1.165) is 25.7 Å². The Labute approximate surface area is 146 Å². The van der Waals surface area contributed by atoms with E-state index in [4.69, 9.17) is 16.3 Å². The third-order valence-corrected chi connectivity index (χ3v) is 5.19. The van der Waals surface area contributed by atoms with Gasteiger partial charge in [-0.2, -0.15) is 0 Å². The van der Waals surface area contributed by atoms with E-state index in [2.05, 4.69) is 9.88 Å². The fraction of sp³-hybridized carbons (Fsp3) is 0.368.